The lowest BCUT2D eigenvalue weighted by Gasteiger charge is -2.14. The van der Waals surface area contributed by atoms with E-state index in [-0.39, 0.29) is 23.2 Å². The molecule has 0 saturated carbocycles. The van der Waals surface area contributed by atoms with Crippen LogP contribution in [-0.4, -0.2) is 26.6 Å². The van der Waals surface area contributed by atoms with Crippen molar-refractivity contribution < 1.29 is 9.72 Å². The third kappa shape index (κ3) is 4.80. The molecule has 8 nitrogen and oxygen atoms in total. The summed E-state index contributed by atoms with van der Waals surface area (Å²) in [6, 6.07) is 5.94. The van der Waals surface area contributed by atoms with Crippen LogP contribution in [0.15, 0.2) is 29.1 Å². The Bertz CT molecular complexity index is 1200. The molecule has 0 radical (unpaired) electrons. The predicted octanol–water partition coefficient (Wildman–Crippen LogP) is 3.88. The summed E-state index contributed by atoms with van der Waals surface area (Å²) in [6.45, 7) is 1.80. The van der Waals surface area contributed by atoms with Crippen LogP contribution >= 0.6 is 23.1 Å². The van der Waals surface area contributed by atoms with Crippen LogP contribution in [-0.2, 0) is 23.4 Å². The van der Waals surface area contributed by atoms with Gasteiger partial charge in [0.1, 0.15) is 10.7 Å². The van der Waals surface area contributed by atoms with E-state index in [2.05, 4.69) is 15.3 Å². The first-order valence-electron chi connectivity index (χ1n) is 10.1. The van der Waals surface area contributed by atoms with Crippen LogP contribution < -0.4 is 10.9 Å². The van der Waals surface area contributed by atoms with Gasteiger partial charge in [0.05, 0.1) is 22.1 Å². The standard InChI is InChI=1S/C21H22N4O4S2/c1-12(13-4-2-5-14(10-13)25(28)29)22-18(26)8-9-30-11-17-23-20(27)19-15-6-3-7-16(15)31-21(19)24-17/h2,4-5,10,12H,3,6-9,11H2,1H3,(H,22,26)(H,23,24,27). The third-order valence-corrected chi connectivity index (χ3v) is 7.45. The number of aryl methyl sites for hydroxylation is 2. The number of carbonyl (C=O) groups excluding carboxylic acids is 1. The molecule has 1 aliphatic carbocycles. The van der Waals surface area contributed by atoms with Gasteiger partial charge >= 0.3 is 0 Å². The summed E-state index contributed by atoms with van der Waals surface area (Å²) in [4.78, 5) is 44.8. The van der Waals surface area contributed by atoms with Gasteiger partial charge < -0.3 is 10.3 Å². The molecule has 0 aliphatic heterocycles. The van der Waals surface area contributed by atoms with E-state index in [0.29, 0.717) is 29.3 Å². The van der Waals surface area contributed by atoms with E-state index in [9.17, 15) is 19.7 Å². The molecule has 10 heteroatoms. The second-order valence-electron chi connectivity index (χ2n) is 7.49. The molecule has 1 atom stereocenters. The summed E-state index contributed by atoms with van der Waals surface area (Å²) in [7, 11) is 0. The Morgan fingerprint density at radius 2 is 2.26 bits per heavy atom. The highest BCUT2D eigenvalue weighted by molar-refractivity contribution is 7.98. The number of H-pyrrole nitrogens is 1. The number of nitrogens with zero attached hydrogens (tertiary/aromatic N) is 2. The van der Waals surface area contributed by atoms with Gasteiger partial charge in [-0.15, -0.1) is 11.3 Å². The van der Waals surface area contributed by atoms with Crippen molar-refractivity contribution in [2.75, 3.05) is 5.75 Å². The molecule has 2 aromatic heterocycles. The summed E-state index contributed by atoms with van der Waals surface area (Å²) < 4.78 is 0. The first kappa shape index (κ1) is 21.5. The van der Waals surface area contributed by atoms with E-state index >= 15 is 0 Å². The van der Waals surface area contributed by atoms with Gasteiger partial charge in [-0.2, -0.15) is 11.8 Å². The Balaban J connectivity index is 1.28. The summed E-state index contributed by atoms with van der Waals surface area (Å²) in [5.41, 5.74) is 1.79. The maximum Gasteiger partial charge on any atom is 0.269 e. The van der Waals surface area contributed by atoms with Crippen molar-refractivity contribution >= 4 is 44.9 Å². The van der Waals surface area contributed by atoms with Crippen LogP contribution in [0.4, 0.5) is 5.69 Å². The van der Waals surface area contributed by atoms with Crippen LogP contribution in [0.1, 0.15) is 47.6 Å². The number of non-ortho nitro benzene ring substituents is 1. The molecule has 1 aliphatic rings. The molecule has 3 aromatic rings. The molecule has 1 aromatic carbocycles. The molecule has 1 unspecified atom stereocenters. The number of aromatic nitrogens is 2. The number of nitrogens with one attached hydrogen (secondary N) is 2. The first-order valence-corrected chi connectivity index (χ1v) is 12.0. The molecule has 162 valence electrons. The zero-order valence-corrected chi connectivity index (χ0v) is 18.6. The van der Waals surface area contributed by atoms with Crippen molar-refractivity contribution in [3.05, 3.63) is 66.6 Å². The Kier molecular flexibility index (Phi) is 6.38. The molecule has 0 saturated heterocycles. The second kappa shape index (κ2) is 9.19. The number of nitro groups is 1. The van der Waals surface area contributed by atoms with E-state index in [1.165, 1.54) is 34.3 Å². The molecule has 2 heterocycles. The quantitative estimate of drug-likeness (QED) is 0.300. The summed E-state index contributed by atoms with van der Waals surface area (Å²) in [6.07, 6.45) is 3.40. The Morgan fingerprint density at radius 3 is 3.06 bits per heavy atom. The fraction of sp³-hybridized carbons (Fsp3) is 0.381. The molecule has 0 fully saturated rings. The second-order valence-corrected chi connectivity index (χ2v) is 9.68. The van der Waals surface area contributed by atoms with Gasteiger partial charge in [0.25, 0.3) is 11.2 Å². The van der Waals surface area contributed by atoms with Crippen LogP contribution in [0.25, 0.3) is 10.2 Å². The normalized spacial score (nSPS) is 13.8. The summed E-state index contributed by atoms with van der Waals surface area (Å²) in [5, 5.41) is 14.5. The molecule has 0 spiro atoms. The smallest absolute Gasteiger partial charge is 0.269 e. The number of rotatable bonds is 8. The first-order chi connectivity index (χ1) is 14.9. The molecule has 1 amide bonds. The monoisotopic (exact) mass is 458 g/mol. The molecule has 31 heavy (non-hydrogen) atoms. The topological polar surface area (TPSA) is 118 Å². The van der Waals surface area contributed by atoms with Crippen molar-refractivity contribution in [3.63, 3.8) is 0 Å². The number of carbonyl (C=O) groups is 1. The fourth-order valence-electron chi connectivity index (χ4n) is 3.75. The maximum absolute atomic E-state index is 12.5. The van der Waals surface area contributed by atoms with Crippen molar-refractivity contribution in [2.24, 2.45) is 0 Å². The van der Waals surface area contributed by atoms with Crippen molar-refractivity contribution in [2.45, 2.75) is 44.4 Å². The summed E-state index contributed by atoms with van der Waals surface area (Å²) in [5.74, 6) is 1.61. The minimum absolute atomic E-state index is 0.00332. The Hall–Kier alpha value is -2.72. The maximum atomic E-state index is 12.5. The van der Waals surface area contributed by atoms with E-state index in [1.807, 2.05) is 0 Å². The van der Waals surface area contributed by atoms with E-state index in [1.54, 1.807) is 30.4 Å². The van der Waals surface area contributed by atoms with Crippen LogP contribution in [0, 0.1) is 10.1 Å². The van der Waals surface area contributed by atoms with Crippen molar-refractivity contribution in [3.8, 4) is 0 Å². The number of benzene rings is 1. The SMILES string of the molecule is CC(NC(=O)CCSCc1nc2sc3c(c2c(=O)[nH]1)CCC3)c1cccc([N+](=O)[O-])c1. The van der Waals surface area contributed by atoms with Gasteiger partial charge in [-0.3, -0.25) is 19.7 Å². The minimum Gasteiger partial charge on any atom is -0.350 e. The van der Waals surface area contributed by atoms with Gasteiger partial charge in [0, 0.05) is 29.2 Å². The average molecular weight is 459 g/mol. The highest BCUT2D eigenvalue weighted by Crippen LogP contribution is 2.34. The Labute approximate surface area is 186 Å². The highest BCUT2D eigenvalue weighted by atomic mass is 32.2. The minimum atomic E-state index is -0.450. The lowest BCUT2D eigenvalue weighted by atomic mass is 10.1. The van der Waals surface area contributed by atoms with Crippen molar-refractivity contribution in [1.82, 2.24) is 15.3 Å². The zero-order valence-electron chi connectivity index (χ0n) is 17.0. The van der Waals surface area contributed by atoms with Crippen LogP contribution in [0.3, 0.4) is 0 Å². The highest BCUT2D eigenvalue weighted by Gasteiger charge is 2.21. The number of fused-ring (bicyclic) bond motifs is 3. The molecular formula is C21H22N4O4S2. The number of thiophene rings is 1. The summed E-state index contributed by atoms with van der Waals surface area (Å²) >= 11 is 3.15. The predicted molar refractivity (Wildman–Crippen MR) is 123 cm³/mol. The van der Waals surface area contributed by atoms with E-state index in [0.717, 1.165) is 29.5 Å². The largest absolute Gasteiger partial charge is 0.350 e. The van der Waals surface area contributed by atoms with Gasteiger partial charge in [0.15, 0.2) is 0 Å². The number of hydrogen-bond donors (Lipinski definition) is 2. The molecule has 2 N–H and O–H groups in total. The molecule has 0 bridgehead atoms. The van der Waals surface area contributed by atoms with Crippen LogP contribution in [0.5, 0.6) is 0 Å². The van der Waals surface area contributed by atoms with Crippen LogP contribution in [0.2, 0.25) is 0 Å². The van der Waals surface area contributed by atoms with Gasteiger partial charge in [-0.25, -0.2) is 4.98 Å². The lowest BCUT2D eigenvalue weighted by Crippen LogP contribution is -2.26. The number of aromatic amines is 1. The lowest BCUT2D eigenvalue weighted by molar-refractivity contribution is -0.384. The van der Waals surface area contributed by atoms with Crippen molar-refractivity contribution in [1.29, 1.82) is 0 Å². The molecule has 4 rings (SSSR count). The molecular weight excluding hydrogens is 436 g/mol. The van der Waals surface area contributed by atoms with E-state index in [4.69, 9.17) is 0 Å². The van der Waals surface area contributed by atoms with E-state index < -0.39 is 4.92 Å². The van der Waals surface area contributed by atoms with Gasteiger partial charge in [-0.1, -0.05) is 12.1 Å². The Morgan fingerprint density at radius 1 is 1.42 bits per heavy atom. The third-order valence-electron chi connectivity index (χ3n) is 5.29. The average Bonchev–Trinajstić information content (AvgIpc) is 3.32. The van der Waals surface area contributed by atoms with Gasteiger partial charge in [0.2, 0.25) is 5.91 Å². The van der Waals surface area contributed by atoms with Gasteiger partial charge in [-0.05, 0) is 37.3 Å². The number of amides is 1. The zero-order chi connectivity index (χ0) is 22.0. The number of nitro benzene ring substituents is 1. The number of thioether (sulfide) groups is 1. The fourth-order valence-corrected chi connectivity index (χ4v) is 5.84. The number of hydrogen-bond acceptors (Lipinski definition) is 7.